The Morgan fingerprint density at radius 1 is 1.12 bits per heavy atom. The van der Waals surface area contributed by atoms with Crippen LogP contribution in [0.1, 0.15) is 90.3 Å². The highest BCUT2D eigenvalue weighted by atomic mass is 16.6. The highest BCUT2D eigenvalue weighted by Crippen LogP contribution is 2.38. The van der Waals surface area contributed by atoms with Crippen LogP contribution in [0.2, 0.25) is 0 Å². The fraction of sp³-hybridized carbons (Fsp3) is 0.567. The van der Waals surface area contributed by atoms with Gasteiger partial charge in [0.1, 0.15) is 5.60 Å². The van der Waals surface area contributed by atoms with Crippen molar-refractivity contribution in [3.63, 3.8) is 0 Å². The molecule has 0 spiro atoms. The van der Waals surface area contributed by atoms with Crippen LogP contribution < -0.4 is 0 Å². The van der Waals surface area contributed by atoms with Crippen molar-refractivity contribution in [3.05, 3.63) is 47.6 Å². The number of aliphatic imine (C=N–C) groups is 1. The molecule has 1 saturated carbocycles. The van der Waals surface area contributed by atoms with Crippen LogP contribution in [0.3, 0.4) is 0 Å². The zero-order valence-corrected chi connectivity index (χ0v) is 25.6. The second-order valence-electron chi connectivity index (χ2n) is 13.2. The third-order valence-electron chi connectivity index (χ3n) is 7.27. The number of likely N-dealkylation sites (tertiary alicyclic amines) is 1. The maximum atomic E-state index is 12.8. The molecular formula is C30H40N8O5. The first-order valence-corrected chi connectivity index (χ1v) is 14.7. The SMILES string of the molecule is CC(C)(C)OC(=O)N=C(N1CCC[C@H]1Cc1nc(-c2ccc(Cn3cc(C4CC4)nn3)cc2)no1)N(C(=O)O)C(C)(C)C. The maximum Gasteiger partial charge on any atom is 0.437 e. The molecule has 0 radical (unpaired) electrons. The second kappa shape index (κ2) is 11.8. The largest absolute Gasteiger partial charge is 0.465 e. The van der Waals surface area contributed by atoms with E-state index in [0.717, 1.165) is 34.6 Å². The summed E-state index contributed by atoms with van der Waals surface area (Å²) in [7, 11) is 0. The number of amides is 2. The van der Waals surface area contributed by atoms with Crippen LogP contribution in [0.5, 0.6) is 0 Å². The predicted molar refractivity (Wildman–Crippen MR) is 158 cm³/mol. The first kappa shape index (κ1) is 30.2. The Hall–Kier alpha value is -4.29. The lowest BCUT2D eigenvalue weighted by Crippen LogP contribution is -2.56. The van der Waals surface area contributed by atoms with Crippen LogP contribution in [0.15, 0.2) is 40.0 Å². The van der Waals surface area contributed by atoms with Gasteiger partial charge in [-0.2, -0.15) is 4.98 Å². The minimum atomic E-state index is -1.21. The molecule has 3 aromatic rings. The number of aromatic nitrogens is 5. The molecule has 3 heterocycles. The van der Waals surface area contributed by atoms with Gasteiger partial charge in [-0.1, -0.05) is 34.6 Å². The summed E-state index contributed by atoms with van der Waals surface area (Å²) in [5.41, 5.74) is 1.32. The van der Waals surface area contributed by atoms with Crippen molar-refractivity contribution < 1.29 is 24.0 Å². The van der Waals surface area contributed by atoms with Gasteiger partial charge in [0.15, 0.2) is 0 Å². The number of guanidine groups is 1. The van der Waals surface area contributed by atoms with E-state index in [-0.39, 0.29) is 12.0 Å². The normalized spacial score (nSPS) is 17.8. The van der Waals surface area contributed by atoms with Crippen LogP contribution >= 0.6 is 0 Å². The molecule has 2 amide bonds. The average molecular weight is 593 g/mol. The quantitative estimate of drug-likeness (QED) is 0.294. The molecule has 2 aliphatic rings. The van der Waals surface area contributed by atoms with E-state index in [2.05, 4.69) is 25.4 Å². The van der Waals surface area contributed by atoms with Gasteiger partial charge < -0.3 is 19.3 Å². The summed E-state index contributed by atoms with van der Waals surface area (Å²) in [6.07, 6.45) is 4.23. The molecule has 43 heavy (non-hydrogen) atoms. The van der Waals surface area contributed by atoms with Crippen molar-refractivity contribution in [2.75, 3.05) is 6.54 Å². The molecule has 1 aromatic carbocycles. The van der Waals surface area contributed by atoms with Crippen molar-refractivity contribution >= 4 is 18.1 Å². The molecule has 230 valence electrons. The highest BCUT2D eigenvalue weighted by molar-refractivity contribution is 5.99. The van der Waals surface area contributed by atoms with Crippen molar-refractivity contribution in [2.24, 2.45) is 4.99 Å². The third-order valence-corrected chi connectivity index (χ3v) is 7.27. The van der Waals surface area contributed by atoms with Gasteiger partial charge in [0, 0.05) is 42.2 Å². The van der Waals surface area contributed by atoms with E-state index >= 15 is 0 Å². The lowest BCUT2D eigenvalue weighted by molar-refractivity contribution is 0.0595. The number of ether oxygens (including phenoxy) is 1. The number of carboxylic acid groups (broad SMARTS) is 1. The summed E-state index contributed by atoms with van der Waals surface area (Å²) in [4.78, 5) is 36.9. The Balaban J connectivity index is 1.30. The molecule has 1 atom stereocenters. The fourth-order valence-electron chi connectivity index (χ4n) is 5.15. The van der Waals surface area contributed by atoms with E-state index in [1.807, 2.05) is 40.0 Å². The van der Waals surface area contributed by atoms with Gasteiger partial charge in [-0.15, -0.1) is 10.1 Å². The number of hydrogen-bond acceptors (Lipinski definition) is 8. The van der Waals surface area contributed by atoms with Crippen LogP contribution in [-0.2, 0) is 17.7 Å². The highest BCUT2D eigenvalue weighted by Gasteiger charge is 2.40. The van der Waals surface area contributed by atoms with Gasteiger partial charge in [-0.25, -0.2) is 19.2 Å². The number of benzene rings is 1. The summed E-state index contributed by atoms with van der Waals surface area (Å²) in [6, 6.07) is 7.71. The molecule has 1 aliphatic carbocycles. The van der Waals surface area contributed by atoms with Gasteiger partial charge in [-0.05, 0) is 72.8 Å². The Labute approximate surface area is 250 Å². The molecule has 2 fully saturated rings. The van der Waals surface area contributed by atoms with Crippen molar-refractivity contribution in [1.82, 2.24) is 34.9 Å². The van der Waals surface area contributed by atoms with E-state index in [1.54, 1.807) is 41.5 Å². The fourth-order valence-corrected chi connectivity index (χ4v) is 5.15. The van der Waals surface area contributed by atoms with Crippen molar-refractivity contribution in [3.8, 4) is 11.4 Å². The van der Waals surface area contributed by atoms with E-state index in [0.29, 0.717) is 37.1 Å². The maximum absolute atomic E-state index is 12.8. The molecule has 0 bridgehead atoms. The Bertz CT molecular complexity index is 1480. The van der Waals surface area contributed by atoms with Gasteiger partial charge in [0.05, 0.1) is 12.2 Å². The molecular weight excluding hydrogens is 552 g/mol. The van der Waals surface area contributed by atoms with E-state index in [9.17, 15) is 14.7 Å². The molecule has 13 nitrogen and oxygen atoms in total. The van der Waals surface area contributed by atoms with Crippen LogP contribution in [0.4, 0.5) is 9.59 Å². The third kappa shape index (κ3) is 7.57. The van der Waals surface area contributed by atoms with Crippen molar-refractivity contribution in [1.29, 1.82) is 0 Å². The smallest absolute Gasteiger partial charge is 0.437 e. The first-order chi connectivity index (χ1) is 20.3. The molecule has 1 saturated heterocycles. The minimum Gasteiger partial charge on any atom is -0.465 e. The molecule has 0 unspecified atom stereocenters. The summed E-state index contributed by atoms with van der Waals surface area (Å²) in [6.45, 7) is 11.6. The van der Waals surface area contributed by atoms with Crippen LogP contribution in [0.25, 0.3) is 11.4 Å². The summed E-state index contributed by atoms with van der Waals surface area (Å²) in [5, 5.41) is 22.8. The molecule has 1 aliphatic heterocycles. The van der Waals surface area contributed by atoms with Crippen LogP contribution in [0, 0.1) is 0 Å². The zero-order valence-electron chi connectivity index (χ0n) is 25.6. The number of nitrogens with zero attached hydrogens (tertiary/aromatic N) is 8. The first-order valence-electron chi connectivity index (χ1n) is 14.7. The topological polar surface area (TPSA) is 152 Å². The monoisotopic (exact) mass is 592 g/mol. The predicted octanol–water partition coefficient (Wildman–Crippen LogP) is 5.33. The second-order valence-corrected chi connectivity index (χ2v) is 13.2. The Kier molecular flexibility index (Phi) is 8.26. The number of rotatable bonds is 6. The number of carbonyl (C=O) groups is 2. The van der Waals surface area contributed by atoms with E-state index < -0.39 is 23.3 Å². The van der Waals surface area contributed by atoms with Gasteiger partial charge in [0.25, 0.3) is 0 Å². The zero-order chi connectivity index (χ0) is 30.9. The summed E-state index contributed by atoms with van der Waals surface area (Å²) < 4.78 is 12.9. The average Bonchev–Trinajstić information content (AvgIpc) is 3.25. The summed E-state index contributed by atoms with van der Waals surface area (Å²) in [5.74, 6) is 1.48. The molecule has 2 aromatic heterocycles. The Morgan fingerprint density at radius 2 is 1.84 bits per heavy atom. The van der Waals surface area contributed by atoms with Gasteiger partial charge in [-0.3, -0.25) is 0 Å². The molecule has 5 rings (SSSR count). The minimum absolute atomic E-state index is 0.0312. The molecule has 13 heteroatoms. The van der Waals surface area contributed by atoms with Crippen molar-refractivity contribution in [2.45, 2.75) is 103 Å². The standard InChI is InChI=1S/C30H40N8O5/c1-29(2,3)38(28(40)41)26(32-27(39)42-30(4,5)6)37-15-7-8-22(37)16-24-31-25(34-43-24)21-11-9-19(10-12-21)17-36-18-23(33-35-36)20-13-14-20/h9-12,18,20,22H,7-8,13-17H2,1-6H3,(H,40,41)/t22-/m0/s1. The lowest BCUT2D eigenvalue weighted by Gasteiger charge is -2.39. The Morgan fingerprint density at radius 3 is 2.47 bits per heavy atom. The van der Waals surface area contributed by atoms with E-state index in [4.69, 9.17) is 9.26 Å². The molecule has 1 N–H and O–H groups in total. The lowest BCUT2D eigenvalue weighted by atomic mass is 10.1. The van der Waals surface area contributed by atoms with E-state index in [1.165, 1.54) is 12.8 Å². The number of carbonyl (C=O) groups excluding carboxylic acids is 1. The van der Waals surface area contributed by atoms with Gasteiger partial charge >= 0.3 is 12.2 Å². The van der Waals surface area contributed by atoms with Crippen LogP contribution in [-0.4, -0.2) is 81.9 Å². The number of hydrogen-bond donors (Lipinski definition) is 1. The van der Waals surface area contributed by atoms with Gasteiger partial charge in [0.2, 0.25) is 17.7 Å². The summed E-state index contributed by atoms with van der Waals surface area (Å²) >= 11 is 0.